The van der Waals surface area contributed by atoms with Gasteiger partial charge in [0.1, 0.15) is 11.6 Å². The first-order valence-electron chi connectivity index (χ1n) is 9.85. The van der Waals surface area contributed by atoms with Crippen LogP contribution in [-0.2, 0) is 11.3 Å². The van der Waals surface area contributed by atoms with Crippen molar-refractivity contribution in [3.8, 4) is 5.75 Å². The fourth-order valence-electron chi connectivity index (χ4n) is 3.41. The first kappa shape index (κ1) is 21.1. The molecule has 1 unspecified atom stereocenters. The van der Waals surface area contributed by atoms with Gasteiger partial charge in [0.25, 0.3) is 0 Å². The summed E-state index contributed by atoms with van der Waals surface area (Å²) in [5, 5.41) is 6.58. The topological polar surface area (TPSA) is 58.1 Å². The zero-order valence-corrected chi connectivity index (χ0v) is 17.0. The molecule has 1 heterocycles. The third kappa shape index (κ3) is 5.92. The molecule has 0 aromatic heterocycles. The van der Waals surface area contributed by atoms with E-state index in [1.165, 1.54) is 11.6 Å². The molecule has 0 bridgehead atoms. The van der Waals surface area contributed by atoms with Crippen LogP contribution >= 0.6 is 0 Å². The number of methoxy groups -OCH3 is 1. The molecule has 2 N–H and O–H groups in total. The summed E-state index contributed by atoms with van der Waals surface area (Å²) in [6.45, 7) is 4.25. The molecule has 2 aromatic rings. The van der Waals surface area contributed by atoms with Crippen LogP contribution in [0.15, 0.2) is 53.5 Å². The zero-order chi connectivity index (χ0) is 20.5. The molecule has 1 aliphatic heterocycles. The van der Waals surface area contributed by atoms with Gasteiger partial charge in [0.2, 0.25) is 0 Å². The van der Waals surface area contributed by atoms with E-state index >= 15 is 0 Å². The lowest BCUT2D eigenvalue weighted by Gasteiger charge is -2.35. The van der Waals surface area contributed by atoms with Gasteiger partial charge in [-0.1, -0.05) is 30.3 Å². The van der Waals surface area contributed by atoms with Crippen molar-refractivity contribution in [1.29, 1.82) is 0 Å². The average Bonchev–Trinajstić information content (AvgIpc) is 2.78. The van der Waals surface area contributed by atoms with Gasteiger partial charge in [0, 0.05) is 38.8 Å². The van der Waals surface area contributed by atoms with Crippen molar-refractivity contribution in [2.24, 2.45) is 4.99 Å². The molecule has 156 valence electrons. The van der Waals surface area contributed by atoms with Gasteiger partial charge in [0.05, 0.1) is 26.4 Å². The first-order chi connectivity index (χ1) is 14.2. The monoisotopic (exact) mass is 400 g/mol. The maximum Gasteiger partial charge on any atom is 0.191 e. The van der Waals surface area contributed by atoms with Crippen LogP contribution in [0.25, 0.3) is 0 Å². The van der Waals surface area contributed by atoms with Crippen LogP contribution in [0.4, 0.5) is 4.39 Å². The Balaban J connectivity index is 1.65. The Labute approximate surface area is 171 Å². The largest absolute Gasteiger partial charge is 0.497 e. The minimum Gasteiger partial charge on any atom is -0.497 e. The minimum atomic E-state index is -0.222. The van der Waals surface area contributed by atoms with Gasteiger partial charge in [-0.05, 0) is 23.8 Å². The third-order valence-electron chi connectivity index (χ3n) is 5.08. The summed E-state index contributed by atoms with van der Waals surface area (Å²) in [6.07, 6.45) is 0. The lowest BCUT2D eigenvalue weighted by Crippen LogP contribution is -2.46. The number of benzene rings is 2. The second-order valence-electron chi connectivity index (χ2n) is 6.84. The van der Waals surface area contributed by atoms with Crippen LogP contribution in [0.3, 0.4) is 0 Å². The van der Waals surface area contributed by atoms with Crippen molar-refractivity contribution in [1.82, 2.24) is 15.5 Å². The molecule has 3 rings (SSSR count). The number of nitrogens with zero attached hydrogens (tertiary/aromatic N) is 2. The molecule has 1 fully saturated rings. The number of hydrogen-bond acceptors (Lipinski definition) is 4. The van der Waals surface area contributed by atoms with Crippen molar-refractivity contribution in [3.63, 3.8) is 0 Å². The number of aliphatic imine (C=N–C) groups is 1. The summed E-state index contributed by atoms with van der Waals surface area (Å²) >= 11 is 0. The Morgan fingerprint density at radius 2 is 1.86 bits per heavy atom. The summed E-state index contributed by atoms with van der Waals surface area (Å²) in [4.78, 5) is 6.68. The van der Waals surface area contributed by atoms with Crippen LogP contribution in [0.5, 0.6) is 5.75 Å². The van der Waals surface area contributed by atoms with E-state index in [1.54, 1.807) is 26.3 Å². The van der Waals surface area contributed by atoms with Crippen molar-refractivity contribution < 1.29 is 13.9 Å². The van der Waals surface area contributed by atoms with E-state index in [0.717, 1.165) is 32.1 Å². The maximum absolute atomic E-state index is 13.9. The predicted octanol–water partition coefficient (Wildman–Crippen LogP) is 2.57. The molecule has 0 amide bonds. The summed E-state index contributed by atoms with van der Waals surface area (Å²) in [5.41, 5.74) is 1.81. The second-order valence-corrected chi connectivity index (χ2v) is 6.84. The van der Waals surface area contributed by atoms with E-state index in [1.807, 2.05) is 18.2 Å². The quantitative estimate of drug-likeness (QED) is 0.553. The molecule has 29 heavy (non-hydrogen) atoms. The average molecular weight is 400 g/mol. The van der Waals surface area contributed by atoms with Crippen LogP contribution < -0.4 is 15.4 Å². The predicted molar refractivity (Wildman–Crippen MR) is 113 cm³/mol. The van der Waals surface area contributed by atoms with Crippen LogP contribution in [0, 0.1) is 5.82 Å². The summed E-state index contributed by atoms with van der Waals surface area (Å²) < 4.78 is 24.7. The Bertz CT molecular complexity index is 792. The molecular weight excluding hydrogens is 371 g/mol. The molecule has 0 radical (unpaired) electrons. The van der Waals surface area contributed by atoms with Crippen LogP contribution in [-0.4, -0.2) is 57.9 Å². The normalized spacial score (nSPS) is 16.3. The molecule has 0 saturated carbocycles. The van der Waals surface area contributed by atoms with Gasteiger partial charge in [-0.25, -0.2) is 4.39 Å². The summed E-state index contributed by atoms with van der Waals surface area (Å²) in [5.74, 6) is 1.25. The number of hydrogen-bond donors (Lipinski definition) is 2. The number of ether oxygens (including phenoxy) is 2. The number of morpholine rings is 1. The second kappa shape index (κ2) is 10.8. The van der Waals surface area contributed by atoms with E-state index in [0.29, 0.717) is 24.6 Å². The van der Waals surface area contributed by atoms with Gasteiger partial charge in [-0.15, -0.1) is 0 Å². The molecule has 7 heteroatoms. The first-order valence-corrected chi connectivity index (χ1v) is 9.85. The SMILES string of the molecule is CN=C(NCc1ccccc1F)NCC(c1ccc(OC)cc1)N1CCOCC1. The van der Waals surface area contributed by atoms with Gasteiger partial charge in [-0.3, -0.25) is 9.89 Å². The fraction of sp³-hybridized carbons (Fsp3) is 0.409. The summed E-state index contributed by atoms with van der Waals surface area (Å²) in [6, 6.07) is 15.1. The summed E-state index contributed by atoms with van der Waals surface area (Å²) in [7, 11) is 3.38. The van der Waals surface area contributed by atoms with Crippen LogP contribution in [0.2, 0.25) is 0 Å². The zero-order valence-electron chi connectivity index (χ0n) is 17.0. The van der Waals surface area contributed by atoms with Gasteiger partial charge < -0.3 is 20.1 Å². The smallest absolute Gasteiger partial charge is 0.191 e. The van der Waals surface area contributed by atoms with E-state index in [-0.39, 0.29) is 11.9 Å². The molecule has 0 spiro atoms. The van der Waals surface area contributed by atoms with Crippen molar-refractivity contribution in [2.45, 2.75) is 12.6 Å². The van der Waals surface area contributed by atoms with Gasteiger partial charge in [0.15, 0.2) is 5.96 Å². The molecule has 1 aliphatic rings. The lowest BCUT2D eigenvalue weighted by atomic mass is 10.0. The Morgan fingerprint density at radius 3 is 2.52 bits per heavy atom. The fourth-order valence-corrected chi connectivity index (χ4v) is 3.41. The maximum atomic E-state index is 13.9. The Kier molecular flexibility index (Phi) is 7.84. The standard InChI is InChI=1S/C22H29FN4O2/c1-24-22(25-15-18-5-3-4-6-20(18)23)26-16-21(27-11-13-29-14-12-27)17-7-9-19(28-2)10-8-17/h3-10,21H,11-16H2,1-2H3,(H2,24,25,26). The number of rotatable bonds is 7. The highest BCUT2D eigenvalue weighted by Gasteiger charge is 2.23. The molecule has 1 atom stereocenters. The van der Waals surface area contributed by atoms with E-state index < -0.39 is 0 Å². The Hall–Kier alpha value is -2.64. The molecule has 0 aliphatic carbocycles. The third-order valence-corrected chi connectivity index (χ3v) is 5.08. The number of halogens is 1. The number of guanidine groups is 1. The Morgan fingerprint density at radius 1 is 1.14 bits per heavy atom. The van der Waals surface area contributed by atoms with Crippen molar-refractivity contribution >= 4 is 5.96 Å². The molecular formula is C22H29FN4O2. The highest BCUT2D eigenvalue weighted by Crippen LogP contribution is 2.23. The van der Waals surface area contributed by atoms with Gasteiger partial charge in [-0.2, -0.15) is 0 Å². The highest BCUT2D eigenvalue weighted by atomic mass is 19.1. The van der Waals surface area contributed by atoms with E-state index in [4.69, 9.17) is 9.47 Å². The van der Waals surface area contributed by atoms with E-state index in [9.17, 15) is 4.39 Å². The molecule has 6 nitrogen and oxygen atoms in total. The lowest BCUT2D eigenvalue weighted by molar-refractivity contribution is 0.0170. The minimum absolute atomic E-state index is 0.164. The molecule has 1 saturated heterocycles. The van der Waals surface area contributed by atoms with Crippen LogP contribution in [0.1, 0.15) is 17.2 Å². The van der Waals surface area contributed by atoms with E-state index in [2.05, 4.69) is 32.7 Å². The number of nitrogens with one attached hydrogen (secondary N) is 2. The van der Waals surface area contributed by atoms with Crippen molar-refractivity contribution in [2.75, 3.05) is 47.0 Å². The molecule has 2 aromatic carbocycles. The van der Waals surface area contributed by atoms with Gasteiger partial charge >= 0.3 is 0 Å². The van der Waals surface area contributed by atoms with Crippen molar-refractivity contribution in [3.05, 3.63) is 65.5 Å². The highest BCUT2D eigenvalue weighted by molar-refractivity contribution is 5.79.